The van der Waals surface area contributed by atoms with Crippen LogP contribution >= 0.6 is 23.4 Å². The summed E-state index contributed by atoms with van der Waals surface area (Å²) in [5.41, 5.74) is 6.81. The molecule has 0 bridgehead atoms. The van der Waals surface area contributed by atoms with E-state index in [0.717, 1.165) is 16.1 Å². The van der Waals surface area contributed by atoms with E-state index in [9.17, 15) is 9.18 Å². The number of anilines is 1. The molecule has 2 rings (SSSR count). The topological polar surface area (TPSA) is 55.1 Å². The first-order valence-electron chi connectivity index (χ1n) is 6.24. The van der Waals surface area contributed by atoms with Crippen molar-refractivity contribution in [2.75, 3.05) is 11.1 Å². The summed E-state index contributed by atoms with van der Waals surface area (Å²) in [5, 5.41) is 3.32. The van der Waals surface area contributed by atoms with E-state index in [2.05, 4.69) is 5.32 Å². The largest absolute Gasteiger partial charge is 0.380 e. The SMILES string of the molecule is NC(=O)CSc1ccccc1NCc1ccc(Cl)c(F)c1. The second-order valence-corrected chi connectivity index (χ2v) is 5.78. The van der Waals surface area contributed by atoms with Crippen molar-refractivity contribution in [3.8, 4) is 0 Å². The number of hydrogen-bond acceptors (Lipinski definition) is 3. The fourth-order valence-electron chi connectivity index (χ4n) is 1.73. The summed E-state index contributed by atoms with van der Waals surface area (Å²) >= 11 is 7.02. The summed E-state index contributed by atoms with van der Waals surface area (Å²) in [4.78, 5) is 11.8. The van der Waals surface area contributed by atoms with Crippen LogP contribution in [0.25, 0.3) is 0 Å². The van der Waals surface area contributed by atoms with Crippen molar-refractivity contribution >= 4 is 35.0 Å². The van der Waals surface area contributed by atoms with Gasteiger partial charge in [0.25, 0.3) is 0 Å². The van der Waals surface area contributed by atoms with Gasteiger partial charge >= 0.3 is 0 Å². The van der Waals surface area contributed by atoms with Crippen molar-refractivity contribution < 1.29 is 9.18 Å². The summed E-state index contributed by atoms with van der Waals surface area (Å²) in [6, 6.07) is 12.3. The van der Waals surface area contributed by atoms with Crippen LogP contribution in [0.5, 0.6) is 0 Å². The molecule has 3 nitrogen and oxygen atoms in total. The third-order valence-corrected chi connectivity index (χ3v) is 4.13. The predicted molar refractivity (Wildman–Crippen MR) is 85.1 cm³/mol. The second-order valence-electron chi connectivity index (χ2n) is 4.35. The van der Waals surface area contributed by atoms with Crippen molar-refractivity contribution in [1.82, 2.24) is 0 Å². The number of carbonyl (C=O) groups excluding carboxylic acids is 1. The highest BCUT2D eigenvalue weighted by molar-refractivity contribution is 8.00. The number of rotatable bonds is 6. The lowest BCUT2D eigenvalue weighted by Gasteiger charge is -2.11. The molecule has 6 heteroatoms. The maximum absolute atomic E-state index is 13.4. The number of benzene rings is 2. The third kappa shape index (κ3) is 4.65. The Kier molecular flexibility index (Phi) is 5.47. The molecule has 0 aromatic heterocycles. The van der Waals surface area contributed by atoms with Gasteiger partial charge in [0.2, 0.25) is 5.91 Å². The number of primary amides is 1. The van der Waals surface area contributed by atoms with Gasteiger partial charge in [0.1, 0.15) is 5.82 Å². The second kappa shape index (κ2) is 7.33. The lowest BCUT2D eigenvalue weighted by molar-refractivity contribution is -0.115. The van der Waals surface area contributed by atoms with Crippen LogP contribution in [-0.2, 0) is 11.3 Å². The highest BCUT2D eigenvalue weighted by Gasteiger charge is 2.05. The number of thioether (sulfide) groups is 1. The van der Waals surface area contributed by atoms with Gasteiger partial charge in [0.05, 0.1) is 10.8 Å². The fraction of sp³-hybridized carbons (Fsp3) is 0.133. The quantitative estimate of drug-likeness (QED) is 0.797. The Morgan fingerprint density at radius 2 is 2.05 bits per heavy atom. The Morgan fingerprint density at radius 1 is 1.29 bits per heavy atom. The molecule has 110 valence electrons. The van der Waals surface area contributed by atoms with Crippen molar-refractivity contribution in [1.29, 1.82) is 0 Å². The van der Waals surface area contributed by atoms with Crippen LogP contribution < -0.4 is 11.1 Å². The minimum Gasteiger partial charge on any atom is -0.380 e. The zero-order chi connectivity index (χ0) is 15.2. The molecule has 2 aromatic carbocycles. The van der Waals surface area contributed by atoms with Gasteiger partial charge in [-0.1, -0.05) is 29.8 Å². The summed E-state index contributed by atoms with van der Waals surface area (Å²) in [6.07, 6.45) is 0. The Labute approximate surface area is 131 Å². The van der Waals surface area contributed by atoms with Crippen molar-refractivity contribution in [2.45, 2.75) is 11.4 Å². The van der Waals surface area contributed by atoms with Crippen molar-refractivity contribution in [3.05, 3.63) is 58.9 Å². The first-order valence-corrected chi connectivity index (χ1v) is 7.60. The van der Waals surface area contributed by atoms with Gasteiger partial charge in [-0.25, -0.2) is 4.39 Å². The Hall–Kier alpha value is -1.72. The van der Waals surface area contributed by atoms with Crippen molar-refractivity contribution in [3.63, 3.8) is 0 Å². The molecule has 0 radical (unpaired) electrons. The van der Waals surface area contributed by atoms with Crippen LogP contribution in [0, 0.1) is 5.82 Å². The van der Waals surface area contributed by atoms with Crippen LogP contribution in [0.1, 0.15) is 5.56 Å². The van der Waals surface area contributed by atoms with E-state index in [4.69, 9.17) is 17.3 Å². The Balaban J connectivity index is 2.05. The minimum atomic E-state index is -0.438. The average molecular weight is 325 g/mol. The number of para-hydroxylation sites is 1. The number of carbonyl (C=O) groups is 1. The normalized spacial score (nSPS) is 10.4. The molecule has 0 fully saturated rings. The van der Waals surface area contributed by atoms with E-state index in [-0.39, 0.29) is 16.7 Å². The molecular weight excluding hydrogens is 311 g/mol. The van der Waals surface area contributed by atoms with Crippen LogP contribution in [0.3, 0.4) is 0 Å². The first-order chi connectivity index (χ1) is 10.1. The zero-order valence-electron chi connectivity index (χ0n) is 11.1. The number of hydrogen-bond donors (Lipinski definition) is 2. The van der Waals surface area contributed by atoms with Crippen molar-refractivity contribution in [2.24, 2.45) is 5.73 Å². The van der Waals surface area contributed by atoms with Gasteiger partial charge in [-0.15, -0.1) is 11.8 Å². The molecule has 3 N–H and O–H groups in total. The van der Waals surface area contributed by atoms with Gasteiger partial charge in [-0.3, -0.25) is 4.79 Å². The number of amides is 1. The molecule has 1 amide bonds. The van der Waals surface area contributed by atoms with Crippen LogP contribution in [0.15, 0.2) is 47.4 Å². The van der Waals surface area contributed by atoms with Crippen LogP contribution in [-0.4, -0.2) is 11.7 Å². The molecule has 0 saturated carbocycles. The molecule has 0 spiro atoms. The number of nitrogens with two attached hydrogens (primary N) is 1. The molecular formula is C15H14ClFN2OS. The van der Waals surface area contributed by atoms with E-state index >= 15 is 0 Å². The summed E-state index contributed by atoms with van der Waals surface area (Å²) in [6.45, 7) is 0.461. The summed E-state index contributed by atoms with van der Waals surface area (Å²) in [7, 11) is 0. The average Bonchev–Trinajstić information content (AvgIpc) is 2.47. The minimum absolute atomic E-state index is 0.108. The lowest BCUT2D eigenvalue weighted by atomic mass is 10.2. The zero-order valence-corrected chi connectivity index (χ0v) is 12.7. The molecule has 0 unspecified atom stereocenters. The summed E-state index contributed by atoms with van der Waals surface area (Å²) in [5.74, 6) is -0.587. The van der Waals surface area contributed by atoms with Gasteiger partial charge in [0, 0.05) is 17.1 Å². The Morgan fingerprint density at radius 3 is 2.76 bits per heavy atom. The third-order valence-electron chi connectivity index (χ3n) is 2.72. The number of halogens is 2. The van der Waals surface area contributed by atoms with Gasteiger partial charge in [-0.2, -0.15) is 0 Å². The highest BCUT2D eigenvalue weighted by atomic mass is 35.5. The summed E-state index contributed by atoms with van der Waals surface area (Å²) < 4.78 is 13.4. The maximum Gasteiger partial charge on any atom is 0.227 e. The predicted octanol–water partition coefficient (Wildman–Crippen LogP) is 3.67. The molecule has 2 aromatic rings. The molecule has 0 heterocycles. The molecule has 0 aliphatic heterocycles. The number of nitrogens with one attached hydrogen (secondary N) is 1. The fourth-order valence-corrected chi connectivity index (χ4v) is 2.62. The standard InChI is InChI=1S/C15H14ClFN2OS/c16-11-6-5-10(7-12(11)17)8-19-13-3-1-2-4-14(13)21-9-15(18)20/h1-7,19H,8-9H2,(H2,18,20). The molecule has 21 heavy (non-hydrogen) atoms. The monoisotopic (exact) mass is 324 g/mol. The maximum atomic E-state index is 13.4. The van der Waals surface area contributed by atoms with Crippen LogP contribution in [0.4, 0.5) is 10.1 Å². The van der Waals surface area contributed by atoms with E-state index in [1.54, 1.807) is 6.07 Å². The van der Waals surface area contributed by atoms with E-state index in [1.807, 2.05) is 24.3 Å². The van der Waals surface area contributed by atoms with Crippen LogP contribution in [0.2, 0.25) is 5.02 Å². The Bertz CT molecular complexity index is 651. The lowest BCUT2D eigenvalue weighted by Crippen LogP contribution is -2.13. The van der Waals surface area contributed by atoms with E-state index in [0.29, 0.717) is 6.54 Å². The molecule has 0 saturated heterocycles. The smallest absolute Gasteiger partial charge is 0.227 e. The molecule has 0 aliphatic rings. The molecule has 0 atom stereocenters. The highest BCUT2D eigenvalue weighted by Crippen LogP contribution is 2.27. The first kappa shape index (κ1) is 15.7. The molecule has 0 aliphatic carbocycles. The van der Waals surface area contributed by atoms with Gasteiger partial charge in [-0.05, 0) is 29.8 Å². The van der Waals surface area contributed by atoms with Gasteiger partial charge < -0.3 is 11.1 Å². The van der Waals surface area contributed by atoms with E-state index < -0.39 is 5.82 Å². The van der Waals surface area contributed by atoms with E-state index in [1.165, 1.54) is 23.9 Å². The van der Waals surface area contributed by atoms with Gasteiger partial charge in [0.15, 0.2) is 0 Å².